The molecule has 0 aliphatic carbocycles. The number of hydrogen-bond donors (Lipinski definition) is 3. The molecule has 0 spiro atoms. The van der Waals surface area contributed by atoms with Crippen molar-refractivity contribution in [2.75, 3.05) is 19.6 Å². The van der Waals surface area contributed by atoms with Gasteiger partial charge < -0.3 is 24.6 Å². The van der Waals surface area contributed by atoms with Crippen LogP contribution in [0, 0.1) is 6.92 Å². The van der Waals surface area contributed by atoms with Crippen molar-refractivity contribution in [2.45, 2.75) is 32.8 Å². The van der Waals surface area contributed by atoms with Gasteiger partial charge in [-0.3, -0.25) is 0 Å². The molecule has 0 saturated carbocycles. The van der Waals surface area contributed by atoms with Crippen LogP contribution in [0.2, 0.25) is 0 Å². The second-order valence-electron chi connectivity index (χ2n) is 6.78. The van der Waals surface area contributed by atoms with E-state index in [1.807, 2.05) is 23.6 Å². The molecule has 0 radical (unpaired) electrons. The lowest BCUT2D eigenvalue weighted by Crippen LogP contribution is -2.39. The molecule has 0 fully saturated rings. The fraction of sp³-hybridized carbons (Fsp3) is 0.400. The number of aliphatic imine (C=N–C) groups is 1. The third-order valence-electron chi connectivity index (χ3n) is 4.34. The van der Waals surface area contributed by atoms with Crippen molar-refractivity contribution >= 4 is 35.6 Å². The van der Waals surface area contributed by atoms with E-state index < -0.39 is 5.60 Å². The van der Waals surface area contributed by atoms with E-state index in [1.54, 1.807) is 25.3 Å². The lowest BCUT2D eigenvalue weighted by molar-refractivity contribution is 0.0437. The van der Waals surface area contributed by atoms with E-state index in [-0.39, 0.29) is 30.5 Å². The van der Waals surface area contributed by atoms with Crippen LogP contribution in [0.3, 0.4) is 0 Å². The average molecular weight is 497 g/mol. The molecule has 0 aliphatic heterocycles. The van der Waals surface area contributed by atoms with Crippen molar-refractivity contribution in [3.63, 3.8) is 0 Å². The smallest absolute Gasteiger partial charge is 0.191 e. The lowest BCUT2D eigenvalue weighted by atomic mass is 10.0. The Morgan fingerprint density at radius 1 is 1.32 bits per heavy atom. The molecule has 3 aromatic heterocycles. The molecule has 0 amide bonds. The van der Waals surface area contributed by atoms with E-state index >= 15 is 0 Å². The highest BCUT2D eigenvalue weighted by Crippen LogP contribution is 2.21. The van der Waals surface area contributed by atoms with Gasteiger partial charge in [-0.1, -0.05) is 6.07 Å². The summed E-state index contributed by atoms with van der Waals surface area (Å²) in [5, 5.41) is 17.0. The number of pyridine rings is 1. The Morgan fingerprint density at radius 2 is 2.14 bits per heavy atom. The average Bonchev–Trinajstić information content (AvgIpc) is 3.30. The Labute approximate surface area is 182 Å². The summed E-state index contributed by atoms with van der Waals surface area (Å²) < 4.78 is 7.34. The SMILES string of the molecule is CCNC(=NCC(C)(O)c1ccco1)NCCc1cn2cccc(C)c2n1.I. The van der Waals surface area contributed by atoms with Gasteiger partial charge in [0.1, 0.15) is 17.0 Å². The standard InChI is InChI=1S/C20H27N5O2.HI/c1-4-21-19(23-14-20(3,26)17-8-6-12-27-17)22-10-9-16-13-25-11-5-7-15(2)18(25)24-16;/h5-8,11-13,26H,4,9-10,14H2,1-3H3,(H2,21,22,23);1H. The van der Waals surface area contributed by atoms with Gasteiger partial charge in [0.25, 0.3) is 0 Å². The number of fused-ring (bicyclic) bond motifs is 1. The Morgan fingerprint density at radius 3 is 2.82 bits per heavy atom. The molecule has 152 valence electrons. The van der Waals surface area contributed by atoms with Gasteiger partial charge in [-0.15, -0.1) is 24.0 Å². The fourth-order valence-corrected chi connectivity index (χ4v) is 2.87. The molecule has 8 heteroatoms. The van der Waals surface area contributed by atoms with Gasteiger partial charge in [-0.25, -0.2) is 9.98 Å². The predicted molar refractivity (Wildman–Crippen MR) is 121 cm³/mol. The Kier molecular flexibility index (Phi) is 7.88. The van der Waals surface area contributed by atoms with E-state index in [1.165, 1.54) is 0 Å². The quantitative estimate of drug-likeness (QED) is 0.266. The largest absolute Gasteiger partial charge is 0.466 e. The monoisotopic (exact) mass is 497 g/mol. The molecule has 0 saturated heterocycles. The maximum atomic E-state index is 10.5. The molecule has 7 nitrogen and oxygen atoms in total. The second kappa shape index (κ2) is 9.92. The molecule has 0 bridgehead atoms. The van der Waals surface area contributed by atoms with Gasteiger partial charge in [0.05, 0.1) is 18.5 Å². The van der Waals surface area contributed by atoms with Gasteiger partial charge in [0.2, 0.25) is 0 Å². The number of nitrogens with zero attached hydrogens (tertiary/aromatic N) is 3. The van der Waals surface area contributed by atoms with Crippen molar-refractivity contribution in [3.8, 4) is 0 Å². The normalized spacial score (nSPS) is 13.8. The van der Waals surface area contributed by atoms with Crippen molar-refractivity contribution in [1.82, 2.24) is 20.0 Å². The number of rotatable bonds is 7. The Hall–Kier alpha value is -2.07. The van der Waals surface area contributed by atoms with E-state index in [4.69, 9.17) is 4.42 Å². The molecule has 0 aromatic carbocycles. The summed E-state index contributed by atoms with van der Waals surface area (Å²) in [4.78, 5) is 9.17. The summed E-state index contributed by atoms with van der Waals surface area (Å²) in [5.74, 6) is 1.16. The van der Waals surface area contributed by atoms with Crippen LogP contribution in [0.4, 0.5) is 0 Å². The first-order chi connectivity index (χ1) is 13.0. The molecule has 28 heavy (non-hydrogen) atoms. The van der Waals surface area contributed by atoms with Crippen LogP contribution in [-0.2, 0) is 12.0 Å². The van der Waals surface area contributed by atoms with Gasteiger partial charge in [0, 0.05) is 31.9 Å². The maximum Gasteiger partial charge on any atom is 0.191 e. The van der Waals surface area contributed by atoms with Gasteiger partial charge in [0.15, 0.2) is 5.96 Å². The van der Waals surface area contributed by atoms with Gasteiger partial charge in [-0.05, 0) is 44.5 Å². The summed E-state index contributed by atoms with van der Waals surface area (Å²) in [6, 6.07) is 7.59. The van der Waals surface area contributed by atoms with Crippen LogP contribution in [0.15, 0.2) is 52.3 Å². The molecule has 3 N–H and O–H groups in total. The first-order valence-corrected chi connectivity index (χ1v) is 9.21. The Balaban J connectivity index is 0.00000280. The lowest BCUT2D eigenvalue weighted by Gasteiger charge is -2.19. The minimum Gasteiger partial charge on any atom is -0.466 e. The van der Waals surface area contributed by atoms with Crippen LogP contribution < -0.4 is 10.6 Å². The zero-order valence-electron chi connectivity index (χ0n) is 16.5. The third kappa shape index (κ3) is 5.48. The zero-order chi connectivity index (χ0) is 19.3. The van der Waals surface area contributed by atoms with Crippen LogP contribution in [0.1, 0.15) is 30.9 Å². The highest BCUT2D eigenvalue weighted by molar-refractivity contribution is 14.0. The summed E-state index contributed by atoms with van der Waals surface area (Å²) in [6.07, 6.45) is 6.39. The predicted octanol–water partition coefficient (Wildman–Crippen LogP) is 2.86. The van der Waals surface area contributed by atoms with Crippen molar-refractivity contribution in [3.05, 3.63) is 59.9 Å². The summed E-state index contributed by atoms with van der Waals surface area (Å²) >= 11 is 0. The zero-order valence-corrected chi connectivity index (χ0v) is 18.8. The number of guanidine groups is 1. The molecule has 3 heterocycles. The van der Waals surface area contributed by atoms with Gasteiger partial charge >= 0.3 is 0 Å². The van der Waals surface area contributed by atoms with Crippen LogP contribution >= 0.6 is 24.0 Å². The molecule has 3 aromatic rings. The number of halogens is 1. The number of aromatic nitrogens is 2. The van der Waals surface area contributed by atoms with E-state index in [0.29, 0.717) is 18.3 Å². The molecule has 1 atom stereocenters. The van der Waals surface area contributed by atoms with Crippen molar-refractivity contribution < 1.29 is 9.52 Å². The van der Waals surface area contributed by atoms with Crippen LogP contribution in [0.5, 0.6) is 0 Å². The summed E-state index contributed by atoms with van der Waals surface area (Å²) in [5.41, 5.74) is 2.02. The summed E-state index contributed by atoms with van der Waals surface area (Å²) in [7, 11) is 0. The van der Waals surface area contributed by atoms with E-state index in [9.17, 15) is 5.11 Å². The number of nitrogens with one attached hydrogen (secondary N) is 2. The topological polar surface area (TPSA) is 87.1 Å². The van der Waals surface area contributed by atoms with Crippen LogP contribution in [0.25, 0.3) is 5.65 Å². The molecule has 0 aliphatic rings. The Bertz CT molecular complexity index is 903. The third-order valence-corrected chi connectivity index (χ3v) is 4.34. The second-order valence-corrected chi connectivity index (χ2v) is 6.78. The van der Waals surface area contributed by atoms with E-state index in [0.717, 1.165) is 29.9 Å². The minimum absolute atomic E-state index is 0. The van der Waals surface area contributed by atoms with Crippen molar-refractivity contribution in [1.29, 1.82) is 0 Å². The highest BCUT2D eigenvalue weighted by Gasteiger charge is 2.26. The number of imidazole rings is 1. The first-order valence-electron chi connectivity index (χ1n) is 9.21. The fourth-order valence-electron chi connectivity index (χ4n) is 2.87. The van der Waals surface area contributed by atoms with Crippen LogP contribution in [-0.4, -0.2) is 40.1 Å². The molecular weight excluding hydrogens is 469 g/mol. The summed E-state index contributed by atoms with van der Waals surface area (Å²) in [6.45, 7) is 7.39. The number of aliphatic hydroxyl groups is 1. The highest BCUT2D eigenvalue weighted by atomic mass is 127. The number of hydrogen-bond acceptors (Lipinski definition) is 4. The van der Waals surface area contributed by atoms with E-state index in [2.05, 4.69) is 39.8 Å². The molecular formula is C20H28IN5O2. The number of furan rings is 1. The molecule has 1 unspecified atom stereocenters. The maximum absolute atomic E-state index is 10.5. The minimum atomic E-state index is -1.15. The molecule has 3 rings (SSSR count). The van der Waals surface area contributed by atoms with Gasteiger partial charge in [-0.2, -0.15) is 0 Å². The van der Waals surface area contributed by atoms with Crippen molar-refractivity contribution in [2.24, 2.45) is 4.99 Å². The number of aryl methyl sites for hydroxylation is 1. The first kappa shape index (κ1) is 22.2.